The van der Waals surface area contributed by atoms with Gasteiger partial charge in [0.05, 0.1) is 12.0 Å². The molecule has 0 spiro atoms. The molecule has 0 unspecified atom stereocenters. The van der Waals surface area contributed by atoms with Crippen LogP contribution in [0.5, 0.6) is 5.75 Å². The summed E-state index contributed by atoms with van der Waals surface area (Å²) in [6, 6.07) is 12.4. The highest BCUT2D eigenvalue weighted by atomic mass is 32.2. The maximum atomic E-state index is 13.0. The summed E-state index contributed by atoms with van der Waals surface area (Å²) in [5.41, 5.74) is 0.899. The zero-order valence-electron chi connectivity index (χ0n) is 14.3. The Morgan fingerprint density at radius 3 is 2.12 bits per heavy atom. The molecular formula is C18H19FN2O3S2. The van der Waals surface area contributed by atoms with Gasteiger partial charge in [0.1, 0.15) is 16.6 Å². The molecule has 0 atom stereocenters. The summed E-state index contributed by atoms with van der Waals surface area (Å²) >= 11 is 5.54. The van der Waals surface area contributed by atoms with Crippen LogP contribution >= 0.6 is 12.2 Å². The lowest BCUT2D eigenvalue weighted by atomic mass is 10.2. The maximum Gasteiger partial charge on any atom is 0.243 e. The Labute approximate surface area is 158 Å². The van der Waals surface area contributed by atoms with Gasteiger partial charge in [-0.2, -0.15) is 4.31 Å². The quantitative estimate of drug-likeness (QED) is 0.746. The van der Waals surface area contributed by atoms with Crippen molar-refractivity contribution in [3.63, 3.8) is 0 Å². The number of halogens is 1. The van der Waals surface area contributed by atoms with Crippen molar-refractivity contribution in [1.29, 1.82) is 0 Å². The Balaban J connectivity index is 1.66. The van der Waals surface area contributed by atoms with E-state index < -0.39 is 15.8 Å². The molecule has 1 heterocycles. The predicted molar refractivity (Wildman–Crippen MR) is 101 cm³/mol. The molecule has 0 amide bonds. The molecule has 0 bridgehead atoms. The third kappa shape index (κ3) is 3.87. The highest BCUT2D eigenvalue weighted by Crippen LogP contribution is 2.20. The molecule has 1 aliphatic heterocycles. The average molecular weight is 394 g/mol. The molecule has 0 aromatic heterocycles. The number of sulfonamides is 1. The van der Waals surface area contributed by atoms with E-state index in [1.165, 1.54) is 16.4 Å². The van der Waals surface area contributed by atoms with Crippen molar-refractivity contribution in [3.05, 3.63) is 59.9 Å². The van der Waals surface area contributed by atoms with Gasteiger partial charge >= 0.3 is 0 Å². The summed E-state index contributed by atoms with van der Waals surface area (Å²) in [5, 5.41) is 0. The van der Waals surface area contributed by atoms with E-state index in [4.69, 9.17) is 17.0 Å². The second-order valence-corrected chi connectivity index (χ2v) is 8.20. The summed E-state index contributed by atoms with van der Waals surface area (Å²) < 4.78 is 44.9. The first-order chi connectivity index (χ1) is 12.4. The van der Waals surface area contributed by atoms with Gasteiger partial charge in [-0.15, -0.1) is 0 Å². The maximum absolute atomic E-state index is 13.0. The van der Waals surface area contributed by atoms with Crippen molar-refractivity contribution in [3.8, 4) is 5.75 Å². The molecule has 2 aromatic carbocycles. The Kier molecular flexibility index (Phi) is 5.55. The van der Waals surface area contributed by atoms with Gasteiger partial charge in [-0.05, 0) is 48.5 Å². The number of rotatable bonds is 4. The second kappa shape index (κ2) is 7.69. The fourth-order valence-electron chi connectivity index (χ4n) is 2.80. The number of thiocarbonyl (C=S) groups is 1. The zero-order chi connectivity index (χ0) is 18.7. The van der Waals surface area contributed by atoms with Crippen LogP contribution in [0.2, 0.25) is 0 Å². The summed E-state index contributed by atoms with van der Waals surface area (Å²) in [5.74, 6) is 0.297. The summed E-state index contributed by atoms with van der Waals surface area (Å²) in [6.07, 6.45) is 0. The minimum absolute atomic E-state index is 0.102. The van der Waals surface area contributed by atoms with E-state index in [2.05, 4.69) is 0 Å². The third-order valence-corrected chi connectivity index (χ3v) is 6.72. The van der Waals surface area contributed by atoms with E-state index in [9.17, 15) is 12.8 Å². The minimum Gasteiger partial charge on any atom is -0.497 e. The molecule has 0 aliphatic carbocycles. The van der Waals surface area contributed by atoms with Crippen molar-refractivity contribution in [2.24, 2.45) is 0 Å². The topological polar surface area (TPSA) is 49.9 Å². The standard InChI is InChI=1S/C18H19FN2O3S2/c1-24-16-6-2-14(3-7-16)18(25)20-10-12-21(13-11-20)26(22,23)17-8-4-15(19)5-9-17/h2-9H,10-13H2,1H3. The second-order valence-electron chi connectivity index (χ2n) is 5.88. The molecule has 1 saturated heterocycles. The van der Waals surface area contributed by atoms with Crippen molar-refractivity contribution in [2.75, 3.05) is 33.3 Å². The van der Waals surface area contributed by atoms with Crippen LogP contribution in [0, 0.1) is 5.82 Å². The number of nitrogens with zero attached hydrogens (tertiary/aromatic N) is 2. The van der Waals surface area contributed by atoms with Gasteiger partial charge in [0, 0.05) is 31.7 Å². The van der Waals surface area contributed by atoms with Crippen LogP contribution in [0.1, 0.15) is 5.56 Å². The SMILES string of the molecule is COc1ccc(C(=S)N2CCN(S(=O)(=O)c3ccc(F)cc3)CC2)cc1. The van der Waals surface area contributed by atoms with Gasteiger partial charge < -0.3 is 9.64 Å². The first-order valence-corrected chi connectivity index (χ1v) is 9.96. The number of hydrogen-bond acceptors (Lipinski definition) is 4. The van der Waals surface area contributed by atoms with E-state index in [0.29, 0.717) is 31.2 Å². The fourth-order valence-corrected chi connectivity index (χ4v) is 4.54. The van der Waals surface area contributed by atoms with Crippen LogP contribution in [-0.2, 0) is 10.0 Å². The summed E-state index contributed by atoms with van der Waals surface area (Å²) in [7, 11) is -2.02. The molecule has 8 heteroatoms. The Bertz CT molecular complexity index is 876. The molecule has 0 N–H and O–H groups in total. The fraction of sp³-hybridized carbons (Fsp3) is 0.278. The van der Waals surface area contributed by atoms with Gasteiger partial charge in [0.2, 0.25) is 10.0 Å². The van der Waals surface area contributed by atoms with Crippen LogP contribution < -0.4 is 4.74 Å². The first-order valence-electron chi connectivity index (χ1n) is 8.11. The van der Waals surface area contributed by atoms with Crippen LogP contribution in [-0.4, -0.2) is 55.9 Å². The van der Waals surface area contributed by atoms with Gasteiger partial charge in [-0.1, -0.05) is 12.2 Å². The van der Waals surface area contributed by atoms with E-state index >= 15 is 0 Å². The van der Waals surface area contributed by atoms with E-state index in [1.54, 1.807) is 7.11 Å². The van der Waals surface area contributed by atoms with Crippen LogP contribution in [0.3, 0.4) is 0 Å². The van der Waals surface area contributed by atoms with Crippen molar-refractivity contribution in [2.45, 2.75) is 4.90 Å². The highest BCUT2D eigenvalue weighted by Gasteiger charge is 2.29. The molecule has 1 aliphatic rings. The Morgan fingerprint density at radius 1 is 1.00 bits per heavy atom. The largest absolute Gasteiger partial charge is 0.497 e. The lowest BCUT2D eigenvalue weighted by Crippen LogP contribution is -2.50. The van der Waals surface area contributed by atoms with Crippen LogP contribution in [0.25, 0.3) is 0 Å². The number of piperazine rings is 1. The number of benzene rings is 2. The molecule has 1 fully saturated rings. The van der Waals surface area contributed by atoms with E-state index in [0.717, 1.165) is 23.4 Å². The molecule has 5 nitrogen and oxygen atoms in total. The predicted octanol–water partition coefficient (Wildman–Crippen LogP) is 2.52. The van der Waals surface area contributed by atoms with Gasteiger partial charge in [-0.25, -0.2) is 12.8 Å². The van der Waals surface area contributed by atoms with Crippen molar-refractivity contribution in [1.82, 2.24) is 9.21 Å². The van der Waals surface area contributed by atoms with E-state index in [-0.39, 0.29) is 4.90 Å². The van der Waals surface area contributed by atoms with Gasteiger partial charge in [0.15, 0.2) is 0 Å². The zero-order valence-corrected chi connectivity index (χ0v) is 15.9. The van der Waals surface area contributed by atoms with Crippen molar-refractivity contribution < 1.29 is 17.5 Å². The van der Waals surface area contributed by atoms with Gasteiger partial charge in [-0.3, -0.25) is 0 Å². The minimum atomic E-state index is -3.62. The molecular weight excluding hydrogens is 375 g/mol. The van der Waals surface area contributed by atoms with Crippen LogP contribution in [0.4, 0.5) is 4.39 Å². The molecule has 0 saturated carbocycles. The van der Waals surface area contributed by atoms with Crippen LogP contribution in [0.15, 0.2) is 53.4 Å². The smallest absolute Gasteiger partial charge is 0.243 e. The number of hydrogen-bond donors (Lipinski definition) is 0. The average Bonchev–Trinajstić information content (AvgIpc) is 2.68. The molecule has 2 aromatic rings. The first kappa shape index (κ1) is 18.8. The highest BCUT2D eigenvalue weighted by molar-refractivity contribution is 7.89. The lowest BCUT2D eigenvalue weighted by molar-refractivity contribution is 0.269. The molecule has 138 valence electrons. The van der Waals surface area contributed by atoms with E-state index in [1.807, 2.05) is 29.2 Å². The third-order valence-electron chi connectivity index (χ3n) is 4.31. The number of ether oxygens (including phenoxy) is 1. The summed E-state index contributed by atoms with van der Waals surface area (Å²) in [4.78, 5) is 2.78. The summed E-state index contributed by atoms with van der Waals surface area (Å²) in [6.45, 7) is 1.67. The lowest BCUT2D eigenvalue weighted by Gasteiger charge is -2.35. The molecule has 3 rings (SSSR count). The Morgan fingerprint density at radius 2 is 1.58 bits per heavy atom. The molecule has 0 radical (unpaired) electrons. The van der Waals surface area contributed by atoms with Gasteiger partial charge in [0.25, 0.3) is 0 Å². The normalized spacial score (nSPS) is 15.7. The van der Waals surface area contributed by atoms with Crippen molar-refractivity contribution >= 4 is 27.2 Å². The number of methoxy groups -OCH3 is 1. The monoisotopic (exact) mass is 394 g/mol. The molecule has 26 heavy (non-hydrogen) atoms. The Hall–Kier alpha value is -2.03.